The Bertz CT molecular complexity index is 375. The maximum atomic E-state index is 5.70. The van der Waals surface area contributed by atoms with Crippen molar-refractivity contribution in [3.63, 3.8) is 0 Å². The quantitative estimate of drug-likeness (QED) is 0.823. The highest BCUT2D eigenvalue weighted by atomic mass is 16.5. The Labute approximate surface area is 115 Å². The minimum Gasteiger partial charge on any atom is -0.370 e. The molecule has 1 aliphatic carbocycles. The van der Waals surface area contributed by atoms with Crippen molar-refractivity contribution in [2.45, 2.75) is 64.0 Å². The second kappa shape index (κ2) is 7.01. The molecule has 1 aromatic heterocycles. The van der Waals surface area contributed by atoms with E-state index in [1.165, 1.54) is 12.8 Å². The Morgan fingerprint density at radius 2 is 2.26 bits per heavy atom. The van der Waals surface area contributed by atoms with Crippen LogP contribution in [0.3, 0.4) is 0 Å². The van der Waals surface area contributed by atoms with Gasteiger partial charge in [0.05, 0.1) is 5.92 Å². The van der Waals surface area contributed by atoms with Gasteiger partial charge in [-0.25, -0.2) is 0 Å². The predicted molar refractivity (Wildman–Crippen MR) is 73.0 cm³/mol. The lowest BCUT2D eigenvalue weighted by Crippen LogP contribution is -2.27. The van der Waals surface area contributed by atoms with Crippen molar-refractivity contribution >= 4 is 0 Å². The van der Waals surface area contributed by atoms with E-state index in [0.29, 0.717) is 24.4 Å². The van der Waals surface area contributed by atoms with E-state index >= 15 is 0 Å². The largest absolute Gasteiger partial charge is 0.370 e. The van der Waals surface area contributed by atoms with E-state index in [1.54, 1.807) is 0 Å². The van der Waals surface area contributed by atoms with Gasteiger partial charge in [0.2, 0.25) is 11.7 Å². The summed E-state index contributed by atoms with van der Waals surface area (Å²) in [5.74, 6) is 1.84. The number of hydrogen-bond donors (Lipinski definition) is 1. The highest BCUT2D eigenvalue weighted by molar-refractivity contribution is 5.03. The molecule has 0 radical (unpaired) electrons. The second-order valence-electron chi connectivity index (χ2n) is 5.16. The van der Waals surface area contributed by atoms with Crippen LogP contribution in [0.25, 0.3) is 0 Å². The predicted octanol–water partition coefficient (Wildman–Crippen LogP) is 2.80. The zero-order valence-electron chi connectivity index (χ0n) is 12.2. The first-order valence-corrected chi connectivity index (χ1v) is 7.42. The van der Waals surface area contributed by atoms with Gasteiger partial charge < -0.3 is 14.6 Å². The third-order valence-electron chi connectivity index (χ3n) is 3.87. The van der Waals surface area contributed by atoms with Crippen LogP contribution in [-0.4, -0.2) is 29.8 Å². The molecule has 1 saturated carbocycles. The normalized spacial score (nSPS) is 24.8. The third-order valence-corrected chi connectivity index (χ3v) is 3.87. The fourth-order valence-corrected chi connectivity index (χ4v) is 2.88. The van der Waals surface area contributed by atoms with Crippen LogP contribution < -0.4 is 5.32 Å². The number of hydrogen-bond acceptors (Lipinski definition) is 5. The fraction of sp³-hybridized carbons (Fsp3) is 0.857. The molecular weight excluding hydrogens is 242 g/mol. The molecule has 0 spiro atoms. The number of ether oxygens (including phenoxy) is 1. The van der Waals surface area contributed by atoms with Crippen LogP contribution >= 0.6 is 0 Å². The highest BCUT2D eigenvalue weighted by Gasteiger charge is 2.32. The van der Waals surface area contributed by atoms with Gasteiger partial charge in [0.25, 0.3) is 0 Å². The van der Waals surface area contributed by atoms with Gasteiger partial charge in [-0.2, -0.15) is 4.98 Å². The van der Waals surface area contributed by atoms with Gasteiger partial charge in [-0.05, 0) is 33.2 Å². The van der Waals surface area contributed by atoms with Crippen molar-refractivity contribution in [1.29, 1.82) is 0 Å². The van der Waals surface area contributed by atoms with Crippen LogP contribution in [0, 0.1) is 0 Å². The Balaban J connectivity index is 2.08. The number of rotatable bonds is 7. The summed E-state index contributed by atoms with van der Waals surface area (Å²) in [7, 11) is 2.00. The number of aromatic nitrogens is 2. The van der Waals surface area contributed by atoms with Gasteiger partial charge in [-0.1, -0.05) is 24.9 Å². The van der Waals surface area contributed by atoms with Crippen molar-refractivity contribution < 1.29 is 9.26 Å². The molecule has 0 aliphatic heterocycles. The lowest BCUT2D eigenvalue weighted by molar-refractivity contribution is 0.0477. The Morgan fingerprint density at radius 3 is 2.95 bits per heavy atom. The van der Waals surface area contributed by atoms with Crippen LogP contribution in [0.5, 0.6) is 0 Å². The Hall–Kier alpha value is -0.940. The van der Waals surface area contributed by atoms with E-state index in [9.17, 15) is 0 Å². The molecule has 5 nitrogen and oxygen atoms in total. The molecular formula is C14H25N3O2. The molecule has 1 heterocycles. The van der Waals surface area contributed by atoms with Crippen LogP contribution in [-0.2, 0) is 4.74 Å². The SMILES string of the molecule is CCCC(OCC)c1noc(C2CCCC2NC)n1. The molecule has 1 aliphatic rings. The number of likely N-dealkylation sites (N-methyl/N-ethyl adjacent to an activating group) is 1. The topological polar surface area (TPSA) is 60.2 Å². The van der Waals surface area contributed by atoms with Gasteiger partial charge in [-0.3, -0.25) is 0 Å². The molecule has 19 heavy (non-hydrogen) atoms. The first kappa shape index (κ1) is 14.5. The third kappa shape index (κ3) is 3.34. The number of nitrogens with zero attached hydrogens (tertiary/aromatic N) is 2. The molecule has 2 rings (SSSR count). The molecule has 0 aromatic carbocycles. The molecule has 3 unspecified atom stereocenters. The van der Waals surface area contributed by atoms with E-state index in [1.807, 2.05) is 14.0 Å². The van der Waals surface area contributed by atoms with Crippen LogP contribution in [0.4, 0.5) is 0 Å². The van der Waals surface area contributed by atoms with Gasteiger partial charge in [0.1, 0.15) is 6.10 Å². The zero-order valence-corrected chi connectivity index (χ0v) is 12.2. The summed E-state index contributed by atoms with van der Waals surface area (Å²) in [5.41, 5.74) is 0. The standard InChI is InChI=1S/C14H25N3O2/c1-4-7-12(18-5-2)13-16-14(19-17-13)10-8-6-9-11(10)15-3/h10-12,15H,4-9H2,1-3H3. The maximum Gasteiger partial charge on any atom is 0.231 e. The summed E-state index contributed by atoms with van der Waals surface area (Å²) in [6.45, 7) is 4.82. The van der Waals surface area contributed by atoms with Gasteiger partial charge in [0.15, 0.2) is 0 Å². The maximum absolute atomic E-state index is 5.70. The van der Waals surface area contributed by atoms with Crippen LogP contribution in [0.1, 0.15) is 69.7 Å². The van der Waals surface area contributed by atoms with E-state index < -0.39 is 0 Å². The van der Waals surface area contributed by atoms with E-state index in [-0.39, 0.29) is 6.10 Å². The first-order chi connectivity index (χ1) is 9.30. The van der Waals surface area contributed by atoms with Gasteiger partial charge in [-0.15, -0.1) is 0 Å². The first-order valence-electron chi connectivity index (χ1n) is 7.42. The fourth-order valence-electron chi connectivity index (χ4n) is 2.88. The summed E-state index contributed by atoms with van der Waals surface area (Å²) >= 11 is 0. The Morgan fingerprint density at radius 1 is 1.42 bits per heavy atom. The molecule has 0 bridgehead atoms. The van der Waals surface area contributed by atoms with Crippen LogP contribution in [0.15, 0.2) is 4.52 Å². The average molecular weight is 267 g/mol. The second-order valence-corrected chi connectivity index (χ2v) is 5.16. The minimum absolute atomic E-state index is 0.0260. The van der Waals surface area contributed by atoms with Crippen molar-refractivity contribution in [3.05, 3.63) is 11.7 Å². The van der Waals surface area contributed by atoms with Crippen LogP contribution in [0.2, 0.25) is 0 Å². The number of nitrogens with one attached hydrogen (secondary N) is 1. The molecule has 0 amide bonds. The minimum atomic E-state index is -0.0260. The Kier molecular flexibility index (Phi) is 5.34. The molecule has 1 aromatic rings. The summed E-state index contributed by atoms with van der Waals surface area (Å²) in [5, 5.41) is 7.47. The van der Waals surface area contributed by atoms with E-state index in [2.05, 4.69) is 22.4 Å². The monoisotopic (exact) mass is 267 g/mol. The smallest absolute Gasteiger partial charge is 0.231 e. The summed E-state index contributed by atoms with van der Waals surface area (Å²) in [4.78, 5) is 4.59. The summed E-state index contributed by atoms with van der Waals surface area (Å²) in [6, 6.07) is 0.463. The zero-order chi connectivity index (χ0) is 13.7. The van der Waals surface area contributed by atoms with Crippen molar-refractivity contribution in [2.75, 3.05) is 13.7 Å². The van der Waals surface area contributed by atoms with Crippen molar-refractivity contribution in [3.8, 4) is 0 Å². The molecule has 3 atom stereocenters. The summed E-state index contributed by atoms with van der Waals surface area (Å²) in [6.07, 6.45) is 5.49. The lowest BCUT2D eigenvalue weighted by atomic mass is 10.0. The van der Waals surface area contributed by atoms with E-state index in [4.69, 9.17) is 9.26 Å². The average Bonchev–Trinajstić information content (AvgIpc) is 3.06. The molecule has 108 valence electrons. The van der Waals surface area contributed by atoms with Gasteiger partial charge >= 0.3 is 0 Å². The lowest BCUT2D eigenvalue weighted by Gasteiger charge is -2.14. The highest BCUT2D eigenvalue weighted by Crippen LogP contribution is 2.34. The summed E-state index contributed by atoms with van der Waals surface area (Å²) < 4.78 is 11.2. The van der Waals surface area contributed by atoms with Crippen molar-refractivity contribution in [1.82, 2.24) is 15.5 Å². The van der Waals surface area contributed by atoms with E-state index in [0.717, 1.165) is 25.2 Å². The van der Waals surface area contributed by atoms with Crippen molar-refractivity contribution in [2.24, 2.45) is 0 Å². The molecule has 5 heteroatoms. The molecule has 1 fully saturated rings. The molecule has 1 N–H and O–H groups in total. The van der Waals surface area contributed by atoms with Gasteiger partial charge in [0, 0.05) is 12.6 Å². The molecule has 0 saturated heterocycles.